The first-order valence-corrected chi connectivity index (χ1v) is 3.04. The van der Waals surface area contributed by atoms with Crippen LogP contribution >= 0.6 is 11.6 Å². The molecule has 0 saturated carbocycles. The van der Waals surface area contributed by atoms with Gasteiger partial charge in [0.15, 0.2) is 0 Å². The Bertz CT molecular complexity index is 66.0. The van der Waals surface area contributed by atoms with Gasteiger partial charge in [-0.15, -0.1) is 0 Å². The van der Waals surface area contributed by atoms with Crippen molar-refractivity contribution in [2.24, 2.45) is 0 Å². The van der Waals surface area contributed by atoms with E-state index in [0.717, 1.165) is 0 Å². The zero-order valence-electron chi connectivity index (χ0n) is 4.30. The molecule has 0 heterocycles. The van der Waals surface area contributed by atoms with E-state index in [1.165, 1.54) is 25.3 Å². The molecule has 0 saturated heterocycles. The molecule has 0 rings (SSSR count). The largest absolute Gasteiger partial charge is 0.477 e. The van der Waals surface area contributed by atoms with Gasteiger partial charge in [-0.1, -0.05) is 0 Å². The molecule has 0 atom stereocenters. The van der Waals surface area contributed by atoms with E-state index in [0.29, 0.717) is 0 Å². The highest BCUT2D eigenvalue weighted by molar-refractivity contribution is 8.24. The first kappa shape index (κ1) is 6.88. The van der Waals surface area contributed by atoms with Crippen molar-refractivity contribution in [2.45, 2.75) is 0 Å². The van der Waals surface area contributed by atoms with Crippen LogP contribution in [0.5, 0.6) is 0 Å². The van der Waals surface area contributed by atoms with E-state index >= 15 is 0 Å². The zero-order valence-corrected chi connectivity index (χ0v) is 5.12. The lowest BCUT2D eigenvalue weighted by atomic mass is 10.1. The molecule has 0 N–H and O–H groups in total. The molecule has 7 heavy (non-hydrogen) atoms. The molecule has 0 amide bonds. The number of ether oxygens (including phenoxy) is 1. The second-order valence-electron chi connectivity index (χ2n) is 0.877. The van der Waals surface area contributed by atoms with Gasteiger partial charge in [-0.25, -0.2) is 11.6 Å². The SMILES string of the molecule is COC(=O)[B]SC. The van der Waals surface area contributed by atoms with Gasteiger partial charge in [0, 0.05) is 0 Å². The molecule has 2 nitrogen and oxygen atoms in total. The van der Waals surface area contributed by atoms with Crippen LogP contribution in [0.3, 0.4) is 0 Å². The van der Waals surface area contributed by atoms with Crippen LogP contribution in [-0.2, 0) is 4.74 Å². The summed E-state index contributed by atoms with van der Waals surface area (Å²) in [5, 5.41) is 0. The van der Waals surface area contributed by atoms with Crippen LogP contribution < -0.4 is 0 Å². The standard InChI is InChI=1S/C3H6BO2S/c1-6-3(5)4-7-2/h1-2H3. The maximum atomic E-state index is 10.1. The van der Waals surface area contributed by atoms with Gasteiger partial charge in [0.25, 0.3) is 5.87 Å². The van der Waals surface area contributed by atoms with Gasteiger partial charge in [-0.2, -0.15) is 0 Å². The Morgan fingerprint density at radius 1 is 1.86 bits per heavy atom. The third-order valence-electron chi connectivity index (χ3n) is 0.415. The average Bonchev–Trinajstić information content (AvgIpc) is 1.68. The molecular formula is C3H6BO2S. The molecule has 0 aliphatic carbocycles. The van der Waals surface area contributed by atoms with Crippen LogP contribution in [-0.4, -0.2) is 25.8 Å². The Labute approximate surface area is 47.8 Å². The quantitative estimate of drug-likeness (QED) is 0.498. The lowest BCUT2D eigenvalue weighted by Gasteiger charge is -1.89. The van der Waals surface area contributed by atoms with Crippen LogP contribution in [0.1, 0.15) is 0 Å². The Morgan fingerprint density at radius 2 is 2.43 bits per heavy atom. The summed E-state index contributed by atoms with van der Waals surface area (Å²) in [4.78, 5) is 10.1. The third kappa shape index (κ3) is 3.72. The monoisotopic (exact) mass is 117 g/mol. The van der Waals surface area contributed by atoms with Gasteiger partial charge in [0.1, 0.15) is 0 Å². The predicted octanol–water partition coefficient (Wildman–Crippen LogP) is 0.735. The third-order valence-corrected chi connectivity index (χ3v) is 0.843. The van der Waals surface area contributed by atoms with Crippen molar-refractivity contribution >= 4 is 24.0 Å². The topological polar surface area (TPSA) is 26.3 Å². The van der Waals surface area contributed by atoms with E-state index in [1.54, 1.807) is 6.26 Å². The smallest absolute Gasteiger partial charge is 0.337 e. The van der Waals surface area contributed by atoms with Gasteiger partial charge in [0.05, 0.1) is 7.11 Å². The number of hydrogen-bond acceptors (Lipinski definition) is 3. The van der Waals surface area contributed by atoms with E-state index in [2.05, 4.69) is 4.74 Å². The van der Waals surface area contributed by atoms with E-state index in [-0.39, 0.29) is 5.87 Å². The molecular weight excluding hydrogens is 111 g/mol. The normalized spacial score (nSPS) is 7.71. The average molecular weight is 117 g/mol. The Hall–Kier alpha value is -0.115. The Kier molecular flexibility index (Phi) is 3.99. The molecule has 0 aromatic heterocycles. The van der Waals surface area contributed by atoms with E-state index in [9.17, 15) is 4.79 Å². The minimum Gasteiger partial charge on any atom is -0.477 e. The first-order valence-electron chi connectivity index (χ1n) is 1.75. The van der Waals surface area contributed by atoms with E-state index < -0.39 is 0 Å². The fraction of sp³-hybridized carbons (Fsp3) is 0.667. The number of carbonyl (C=O) groups excluding carboxylic acids is 1. The first-order chi connectivity index (χ1) is 3.31. The molecule has 0 aromatic carbocycles. The van der Waals surface area contributed by atoms with Crippen LogP contribution in [0.25, 0.3) is 0 Å². The molecule has 4 heteroatoms. The second kappa shape index (κ2) is 4.05. The number of carbonyl (C=O) groups is 1. The van der Waals surface area contributed by atoms with Gasteiger partial charge in [-0.05, 0) is 6.26 Å². The van der Waals surface area contributed by atoms with E-state index in [4.69, 9.17) is 0 Å². The van der Waals surface area contributed by atoms with Crippen LogP contribution in [0.4, 0.5) is 4.79 Å². The lowest BCUT2D eigenvalue weighted by Crippen LogP contribution is -2.03. The minimum atomic E-state index is -0.285. The summed E-state index contributed by atoms with van der Waals surface area (Å²) in [6, 6.07) is 0. The van der Waals surface area contributed by atoms with Gasteiger partial charge >= 0.3 is 6.56 Å². The molecule has 0 unspecified atom stereocenters. The number of rotatable bonds is 2. The summed E-state index contributed by atoms with van der Waals surface area (Å²) in [6.45, 7) is 1.40. The summed E-state index contributed by atoms with van der Waals surface area (Å²) in [6.07, 6.45) is 1.80. The van der Waals surface area contributed by atoms with E-state index in [1.807, 2.05) is 0 Å². The summed E-state index contributed by atoms with van der Waals surface area (Å²) in [5.74, 6) is -0.285. The van der Waals surface area contributed by atoms with Gasteiger partial charge < -0.3 is 4.74 Å². The summed E-state index contributed by atoms with van der Waals surface area (Å²) < 4.78 is 4.28. The van der Waals surface area contributed by atoms with Crippen LogP contribution in [0.2, 0.25) is 0 Å². The molecule has 0 spiro atoms. The maximum absolute atomic E-state index is 10.1. The minimum absolute atomic E-state index is 0.285. The van der Waals surface area contributed by atoms with Crippen molar-refractivity contribution in [2.75, 3.05) is 13.4 Å². The number of hydrogen-bond donors (Lipinski definition) is 0. The van der Waals surface area contributed by atoms with Gasteiger partial charge in [0.2, 0.25) is 0 Å². The molecule has 0 fully saturated rings. The highest BCUT2D eigenvalue weighted by Crippen LogP contribution is 1.88. The van der Waals surface area contributed by atoms with Crippen LogP contribution in [0.15, 0.2) is 0 Å². The van der Waals surface area contributed by atoms with Crippen molar-refractivity contribution in [3.63, 3.8) is 0 Å². The van der Waals surface area contributed by atoms with Crippen molar-refractivity contribution < 1.29 is 9.53 Å². The highest BCUT2D eigenvalue weighted by atomic mass is 32.2. The summed E-state index contributed by atoms with van der Waals surface area (Å²) >= 11 is 1.33. The summed E-state index contributed by atoms with van der Waals surface area (Å²) in [7, 11) is 1.36. The van der Waals surface area contributed by atoms with Crippen molar-refractivity contribution in [3.8, 4) is 0 Å². The molecule has 0 aliphatic heterocycles. The second-order valence-corrected chi connectivity index (χ2v) is 1.58. The maximum Gasteiger partial charge on any atom is 0.337 e. The fourth-order valence-corrected chi connectivity index (χ4v) is 0.433. The molecule has 0 aromatic rings. The number of methoxy groups -OCH3 is 1. The summed E-state index contributed by atoms with van der Waals surface area (Å²) in [5.41, 5.74) is 0. The molecule has 0 bridgehead atoms. The predicted molar refractivity (Wildman–Crippen MR) is 31.7 cm³/mol. The lowest BCUT2D eigenvalue weighted by molar-refractivity contribution is 0.198. The molecule has 1 radical (unpaired) electrons. The zero-order chi connectivity index (χ0) is 5.70. The fourth-order valence-electron chi connectivity index (χ4n) is 0.144. The highest BCUT2D eigenvalue weighted by Gasteiger charge is 1.97. The van der Waals surface area contributed by atoms with Crippen LogP contribution in [0, 0.1) is 0 Å². The Morgan fingerprint density at radius 3 is 2.57 bits per heavy atom. The van der Waals surface area contributed by atoms with Crippen molar-refractivity contribution in [3.05, 3.63) is 0 Å². The Balaban J connectivity index is 3.00. The molecule has 0 aliphatic rings. The van der Waals surface area contributed by atoms with Crippen molar-refractivity contribution in [1.29, 1.82) is 0 Å². The van der Waals surface area contributed by atoms with Gasteiger partial charge in [-0.3, -0.25) is 4.79 Å². The molecule has 39 valence electrons. The van der Waals surface area contributed by atoms with Crippen molar-refractivity contribution in [1.82, 2.24) is 0 Å².